The molecule has 0 N–H and O–H groups in total. The predicted octanol–water partition coefficient (Wildman–Crippen LogP) is 4.79. The average molecular weight is 235 g/mol. The van der Waals surface area contributed by atoms with Crippen LogP contribution in [0.5, 0.6) is 0 Å². The number of unbranched alkanes of at least 4 members (excludes halogenated alkanes) is 8. The molecule has 0 atom stereocenters. The maximum atomic E-state index is 4.37. The van der Waals surface area contributed by atoms with Gasteiger partial charge in [-0.05, 0) is 13.3 Å². The summed E-state index contributed by atoms with van der Waals surface area (Å²) in [6, 6.07) is 0. The van der Waals surface area contributed by atoms with Gasteiger partial charge in [0.2, 0.25) is 0 Å². The van der Waals surface area contributed by atoms with Gasteiger partial charge in [0.25, 0.3) is 0 Å². The number of amidine groups is 1. The standard InChI is InChI=1S/C15H27N2/c1-3-4-5-6-7-8-9-10-11-12-15-16-13-14(2)17-15/h13H,3-12H2,1-2H3. The van der Waals surface area contributed by atoms with E-state index in [1.165, 1.54) is 57.8 Å². The smallest absolute Gasteiger partial charge is 0.128 e. The first kappa shape index (κ1) is 14.3. The van der Waals surface area contributed by atoms with Crippen LogP contribution in [0.1, 0.15) is 78.1 Å². The molecule has 1 radical (unpaired) electrons. The first-order chi connectivity index (χ1) is 8.33. The molecule has 0 amide bonds. The topological polar surface area (TPSA) is 26.5 Å². The fraction of sp³-hybridized carbons (Fsp3) is 0.800. The van der Waals surface area contributed by atoms with Crippen LogP contribution in [0.25, 0.3) is 0 Å². The number of nitrogens with zero attached hydrogens (tertiary/aromatic N) is 2. The Morgan fingerprint density at radius 3 is 2.00 bits per heavy atom. The third-order valence-corrected chi connectivity index (χ3v) is 3.21. The van der Waals surface area contributed by atoms with Crippen molar-refractivity contribution in [1.82, 2.24) is 5.32 Å². The second-order valence-electron chi connectivity index (χ2n) is 5.01. The van der Waals surface area contributed by atoms with E-state index in [2.05, 4.69) is 17.2 Å². The zero-order valence-corrected chi connectivity index (χ0v) is 11.5. The van der Waals surface area contributed by atoms with E-state index in [-0.39, 0.29) is 0 Å². The van der Waals surface area contributed by atoms with E-state index in [0.717, 1.165) is 18.0 Å². The van der Waals surface area contributed by atoms with Crippen LogP contribution in [0.3, 0.4) is 0 Å². The third kappa shape index (κ3) is 7.19. The van der Waals surface area contributed by atoms with Crippen molar-refractivity contribution in [3.8, 4) is 0 Å². The van der Waals surface area contributed by atoms with E-state index in [1.807, 2.05) is 13.1 Å². The van der Waals surface area contributed by atoms with Crippen LogP contribution < -0.4 is 5.32 Å². The molecule has 1 heterocycles. The van der Waals surface area contributed by atoms with E-state index in [9.17, 15) is 0 Å². The molecule has 0 aliphatic carbocycles. The molecule has 1 rings (SSSR count). The second-order valence-corrected chi connectivity index (χ2v) is 5.01. The van der Waals surface area contributed by atoms with E-state index in [4.69, 9.17) is 0 Å². The van der Waals surface area contributed by atoms with Gasteiger partial charge in [0, 0.05) is 6.42 Å². The minimum Gasteiger partial charge on any atom is -0.240 e. The SMILES string of the molecule is CCCCCCCCCCCC1=NC(C)=C[N]1. The highest BCUT2D eigenvalue weighted by Crippen LogP contribution is 2.12. The quantitative estimate of drug-likeness (QED) is 0.487. The van der Waals surface area contributed by atoms with Gasteiger partial charge in [0.15, 0.2) is 0 Å². The molecule has 0 spiro atoms. The van der Waals surface area contributed by atoms with Crippen molar-refractivity contribution in [2.24, 2.45) is 4.99 Å². The first-order valence-electron chi connectivity index (χ1n) is 7.28. The summed E-state index contributed by atoms with van der Waals surface area (Å²) >= 11 is 0. The van der Waals surface area contributed by atoms with Crippen molar-refractivity contribution in [3.63, 3.8) is 0 Å². The molecule has 1 aliphatic heterocycles. The molecule has 97 valence electrons. The van der Waals surface area contributed by atoms with Gasteiger partial charge in [-0.2, -0.15) is 0 Å². The van der Waals surface area contributed by atoms with E-state index >= 15 is 0 Å². The molecule has 2 nitrogen and oxygen atoms in total. The van der Waals surface area contributed by atoms with Crippen LogP contribution in [0.2, 0.25) is 0 Å². The summed E-state index contributed by atoms with van der Waals surface area (Å²) in [7, 11) is 0. The zero-order chi connectivity index (χ0) is 12.3. The highest BCUT2D eigenvalue weighted by atomic mass is 15.0. The second kappa shape index (κ2) is 9.26. The van der Waals surface area contributed by atoms with Crippen molar-refractivity contribution in [1.29, 1.82) is 0 Å². The molecular formula is C15H27N2. The minimum absolute atomic E-state index is 1.03. The number of allylic oxidation sites excluding steroid dienone is 1. The summed E-state index contributed by atoms with van der Waals surface area (Å²) in [6.45, 7) is 4.28. The van der Waals surface area contributed by atoms with Gasteiger partial charge in [0.05, 0.1) is 11.9 Å². The Morgan fingerprint density at radius 2 is 1.47 bits per heavy atom. The average Bonchev–Trinajstić information content (AvgIpc) is 2.73. The van der Waals surface area contributed by atoms with Crippen molar-refractivity contribution in [2.75, 3.05) is 0 Å². The molecule has 0 saturated carbocycles. The molecule has 17 heavy (non-hydrogen) atoms. The lowest BCUT2D eigenvalue weighted by Gasteiger charge is -2.02. The maximum Gasteiger partial charge on any atom is 0.128 e. The molecule has 0 saturated heterocycles. The molecule has 0 aromatic heterocycles. The summed E-state index contributed by atoms with van der Waals surface area (Å²) in [5, 5.41) is 4.27. The number of hydrogen-bond donors (Lipinski definition) is 0. The fourth-order valence-corrected chi connectivity index (χ4v) is 2.14. The van der Waals surface area contributed by atoms with Gasteiger partial charge < -0.3 is 0 Å². The van der Waals surface area contributed by atoms with Crippen LogP contribution in [-0.2, 0) is 0 Å². The maximum absolute atomic E-state index is 4.37. The fourth-order valence-electron chi connectivity index (χ4n) is 2.14. The highest BCUT2D eigenvalue weighted by Gasteiger charge is 2.05. The van der Waals surface area contributed by atoms with Crippen LogP contribution in [0, 0.1) is 0 Å². The number of hydrogen-bond acceptors (Lipinski definition) is 1. The van der Waals surface area contributed by atoms with Crippen molar-refractivity contribution < 1.29 is 0 Å². The Morgan fingerprint density at radius 1 is 0.882 bits per heavy atom. The van der Waals surface area contributed by atoms with Crippen molar-refractivity contribution in [3.05, 3.63) is 11.9 Å². The molecule has 2 heteroatoms. The Balaban J connectivity index is 1.81. The van der Waals surface area contributed by atoms with Gasteiger partial charge in [-0.1, -0.05) is 58.3 Å². The Hall–Kier alpha value is -0.790. The Kier molecular flexibility index (Phi) is 7.78. The summed E-state index contributed by atoms with van der Waals surface area (Å²) < 4.78 is 0. The summed E-state index contributed by atoms with van der Waals surface area (Å²) in [5.74, 6) is 1.03. The molecule has 0 aromatic rings. The van der Waals surface area contributed by atoms with Gasteiger partial charge in [-0.3, -0.25) is 0 Å². The van der Waals surface area contributed by atoms with Crippen LogP contribution in [0.4, 0.5) is 0 Å². The normalized spacial score (nSPS) is 14.5. The third-order valence-electron chi connectivity index (χ3n) is 3.21. The van der Waals surface area contributed by atoms with Gasteiger partial charge >= 0.3 is 0 Å². The molecule has 0 fully saturated rings. The first-order valence-corrected chi connectivity index (χ1v) is 7.28. The Bertz CT molecular complexity index is 254. The van der Waals surface area contributed by atoms with Crippen molar-refractivity contribution >= 4 is 5.84 Å². The van der Waals surface area contributed by atoms with E-state index in [0.29, 0.717) is 0 Å². The largest absolute Gasteiger partial charge is 0.240 e. The number of aliphatic imine (C=N–C) groups is 1. The summed E-state index contributed by atoms with van der Waals surface area (Å²) in [6.07, 6.45) is 15.3. The van der Waals surface area contributed by atoms with E-state index in [1.54, 1.807) is 0 Å². The number of rotatable bonds is 10. The lowest BCUT2D eigenvalue weighted by molar-refractivity contribution is 0.568. The predicted molar refractivity (Wildman–Crippen MR) is 75.2 cm³/mol. The van der Waals surface area contributed by atoms with Gasteiger partial charge in [-0.15, -0.1) is 0 Å². The Labute approximate surface area is 107 Å². The van der Waals surface area contributed by atoms with Crippen LogP contribution in [0.15, 0.2) is 16.9 Å². The van der Waals surface area contributed by atoms with E-state index < -0.39 is 0 Å². The van der Waals surface area contributed by atoms with Crippen LogP contribution >= 0.6 is 0 Å². The highest BCUT2D eigenvalue weighted by molar-refractivity contribution is 5.85. The van der Waals surface area contributed by atoms with Crippen LogP contribution in [-0.4, -0.2) is 5.84 Å². The molecule has 0 bridgehead atoms. The van der Waals surface area contributed by atoms with Gasteiger partial charge in [-0.25, -0.2) is 10.3 Å². The lowest BCUT2D eigenvalue weighted by atomic mass is 10.1. The lowest BCUT2D eigenvalue weighted by Crippen LogP contribution is -2.05. The monoisotopic (exact) mass is 235 g/mol. The minimum atomic E-state index is 1.03. The van der Waals surface area contributed by atoms with Gasteiger partial charge in [0.1, 0.15) is 5.84 Å². The molecule has 0 unspecified atom stereocenters. The summed E-state index contributed by atoms with van der Waals surface area (Å²) in [5.41, 5.74) is 1.05. The summed E-state index contributed by atoms with van der Waals surface area (Å²) in [4.78, 5) is 4.37. The molecular weight excluding hydrogens is 208 g/mol. The molecule has 0 aromatic carbocycles. The molecule has 1 aliphatic rings. The zero-order valence-electron chi connectivity index (χ0n) is 11.5. The van der Waals surface area contributed by atoms with Crippen molar-refractivity contribution in [2.45, 2.75) is 78.1 Å².